The lowest BCUT2D eigenvalue weighted by Gasteiger charge is -2.26. The summed E-state index contributed by atoms with van der Waals surface area (Å²) in [6, 6.07) is 8.43. The van der Waals surface area contributed by atoms with Crippen molar-refractivity contribution in [3.8, 4) is 16.8 Å². The van der Waals surface area contributed by atoms with Crippen molar-refractivity contribution in [3.63, 3.8) is 0 Å². The van der Waals surface area contributed by atoms with Crippen LogP contribution < -0.4 is 11.2 Å². The first-order valence-electron chi connectivity index (χ1n) is 11.3. The van der Waals surface area contributed by atoms with Gasteiger partial charge in [0, 0.05) is 36.1 Å². The van der Waals surface area contributed by atoms with Gasteiger partial charge < -0.3 is 0 Å². The Bertz CT molecular complexity index is 1710. The molecule has 2 aromatic carbocycles. The monoisotopic (exact) mass is 529 g/mol. The Hall–Kier alpha value is -3.08. The van der Waals surface area contributed by atoms with Gasteiger partial charge in [-0.25, -0.2) is 21.9 Å². The SMILES string of the molecule is Cc1c(C(C)(C)C)cc(-n2ccc(=O)[nH]c2=O)c(F)c1-c1ccc2c(CN(C)S(C)(=O)=O)csc2c1. The van der Waals surface area contributed by atoms with Crippen LogP contribution in [0.4, 0.5) is 4.39 Å². The molecular formula is C26H28FN3O4S2. The second-order valence-corrected chi connectivity index (χ2v) is 13.0. The standard InChI is InChI=1S/C26H28FN3O4S2/c1-15-19(26(2,3)4)12-20(30-10-9-22(31)28-25(30)32)24(27)23(15)16-7-8-18-17(14-35-21(18)11-16)13-29(5)36(6,33)34/h7-12,14H,13H2,1-6H3,(H,28,31,32). The molecule has 7 nitrogen and oxygen atoms in total. The Kier molecular flexibility index (Phi) is 6.57. The molecule has 4 aromatic rings. The van der Waals surface area contributed by atoms with Crippen molar-refractivity contribution in [2.45, 2.75) is 39.7 Å². The number of halogens is 1. The molecule has 36 heavy (non-hydrogen) atoms. The molecule has 0 spiro atoms. The maximum atomic E-state index is 16.1. The van der Waals surface area contributed by atoms with Gasteiger partial charge in [-0.3, -0.25) is 14.3 Å². The van der Waals surface area contributed by atoms with Crippen molar-refractivity contribution < 1.29 is 12.8 Å². The van der Waals surface area contributed by atoms with Crippen LogP contribution in [0, 0.1) is 12.7 Å². The number of hydrogen-bond donors (Lipinski definition) is 1. The molecule has 0 aliphatic heterocycles. The largest absolute Gasteiger partial charge is 0.333 e. The number of nitrogens with one attached hydrogen (secondary N) is 1. The van der Waals surface area contributed by atoms with E-state index in [0.29, 0.717) is 11.1 Å². The highest BCUT2D eigenvalue weighted by molar-refractivity contribution is 7.88. The number of fused-ring (bicyclic) bond motifs is 1. The predicted octanol–water partition coefficient (Wildman–Crippen LogP) is 4.54. The Morgan fingerprint density at radius 3 is 2.44 bits per heavy atom. The molecule has 0 atom stereocenters. The summed E-state index contributed by atoms with van der Waals surface area (Å²) in [6.07, 6.45) is 2.44. The number of hydrogen-bond acceptors (Lipinski definition) is 5. The van der Waals surface area contributed by atoms with E-state index in [2.05, 4.69) is 4.98 Å². The highest BCUT2D eigenvalue weighted by Gasteiger charge is 2.25. The molecule has 0 bridgehead atoms. The smallest absolute Gasteiger partial charge is 0.274 e. The maximum absolute atomic E-state index is 16.1. The van der Waals surface area contributed by atoms with Crippen LogP contribution in [0.5, 0.6) is 0 Å². The number of H-pyrrole nitrogens is 1. The topological polar surface area (TPSA) is 92.2 Å². The van der Waals surface area contributed by atoms with Gasteiger partial charge in [-0.1, -0.05) is 32.9 Å². The Labute approximate surface area is 212 Å². The summed E-state index contributed by atoms with van der Waals surface area (Å²) in [5, 5.41) is 2.82. The fourth-order valence-corrected chi connectivity index (χ4v) is 5.72. The van der Waals surface area contributed by atoms with Gasteiger partial charge in [0.25, 0.3) is 5.56 Å². The molecule has 0 fully saturated rings. The van der Waals surface area contributed by atoms with Gasteiger partial charge in [-0.05, 0) is 57.5 Å². The molecule has 0 saturated heterocycles. The summed E-state index contributed by atoms with van der Waals surface area (Å²) in [5.74, 6) is -0.567. The first-order chi connectivity index (χ1) is 16.7. The van der Waals surface area contributed by atoms with E-state index < -0.39 is 27.1 Å². The minimum atomic E-state index is -3.33. The number of thiophene rings is 1. The van der Waals surface area contributed by atoms with E-state index in [1.807, 2.05) is 51.3 Å². The average molecular weight is 530 g/mol. The number of sulfonamides is 1. The summed E-state index contributed by atoms with van der Waals surface area (Å²) in [5.41, 5.74) is 1.96. The number of benzene rings is 2. The second kappa shape index (κ2) is 9.10. The Balaban J connectivity index is 1.93. The van der Waals surface area contributed by atoms with Gasteiger partial charge in [0.05, 0.1) is 11.9 Å². The van der Waals surface area contributed by atoms with E-state index in [9.17, 15) is 18.0 Å². The van der Waals surface area contributed by atoms with Crippen molar-refractivity contribution in [2.75, 3.05) is 13.3 Å². The molecule has 0 unspecified atom stereocenters. The van der Waals surface area contributed by atoms with Crippen molar-refractivity contribution in [1.29, 1.82) is 0 Å². The maximum Gasteiger partial charge on any atom is 0.333 e. The van der Waals surface area contributed by atoms with E-state index in [1.165, 1.54) is 41.2 Å². The molecule has 10 heteroatoms. The van der Waals surface area contributed by atoms with Gasteiger partial charge in [0.1, 0.15) is 0 Å². The summed E-state index contributed by atoms with van der Waals surface area (Å²) >= 11 is 1.46. The molecule has 0 saturated carbocycles. The first kappa shape index (κ1) is 26.0. The predicted molar refractivity (Wildman–Crippen MR) is 143 cm³/mol. The zero-order chi connectivity index (χ0) is 26.6. The Morgan fingerprint density at radius 1 is 1.14 bits per heavy atom. The fourth-order valence-electron chi connectivity index (χ4n) is 4.36. The highest BCUT2D eigenvalue weighted by Crippen LogP contribution is 2.39. The van der Waals surface area contributed by atoms with Gasteiger partial charge in [0.15, 0.2) is 5.82 Å². The second-order valence-electron chi connectivity index (χ2n) is 9.98. The van der Waals surface area contributed by atoms with Crippen LogP contribution in [0.15, 0.2) is 51.5 Å². The number of nitrogens with zero attached hydrogens (tertiary/aromatic N) is 2. The van der Waals surface area contributed by atoms with Gasteiger partial charge in [-0.2, -0.15) is 0 Å². The van der Waals surface area contributed by atoms with Crippen LogP contribution in [-0.2, 0) is 22.0 Å². The summed E-state index contributed by atoms with van der Waals surface area (Å²) in [7, 11) is -1.80. The van der Waals surface area contributed by atoms with Gasteiger partial charge in [0.2, 0.25) is 10.0 Å². The zero-order valence-corrected chi connectivity index (χ0v) is 22.6. The third-order valence-electron chi connectivity index (χ3n) is 6.30. The highest BCUT2D eigenvalue weighted by atomic mass is 32.2. The van der Waals surface area contributed by atoms with E-state index in [-0.39, 0.29) is 17.6 Å². The number of rotatable bonds is 5. The van der Waals surface area contributed by atoms with Crippen molar-refractivity contribution in [1.82, 2.24) is 13.9 Å². The first-order valence-corrected chi connectivity index (χ1v) is 14.0. The van der Waals surface area contributed by atoms with E-state index in [1.54, 1.807) is 6.07 Å². The molecule has 190 valence electrons. The van der Waals surface area contributed by atoms with Crippen LogP contribution in [-0.4, -0.2) is 35.6 Å². The van der Waals surface area contributed by atoms with Crippen LogP contribution in [0.2, 0.25) is 0 Å². The number of aromatic amines is 1. The fraction of sp³-hybridized carbons (Fsp3) is 0.308. The lowest BCUT2D eigenvalue weighted by molar-refractivity contribution is 0.474. The van der Waals surface area contributed by atoms with Crippen molar-refractivity contribution >= 4 is 31.4 Å². The van der Waals surface area contributed by atoms with Crippen molar-refractivity contribution in [3.05, 3.63) is 85.3 Å². The van der Waals surface area contributed by atoms with Gasteiger partial charge in [-0.15, -0.1) is 11.3 Å². The van der Waals surface area contributed by atoms with Crippen LogP contribution in [0.1, 0.15) is 37.5 Å². The zero-order valence-electron chi connectivity index (χ0n) is 21.0. The van der Waals surface area contributed by atoms with Crippen LogP contribution in [0.25, 0.3) is 26.9 Å². The molecular weight excluding hydrogens is 501 g/mol. The third kappa shape index (κ3) is 4.80. The minimum Gasteiger partial charge on any atom is -0.274 e. The summed E-state index contributed by atoms with van der Waals surface area (Å²) in [6.45, 7) is 8.16. The molecule has 4 rings (SSSR count). The van der Waals surface area contributed by atoms with Crippen LogP contribution >= 0.6 is 11.3 Å². The molecule has 2 heterocycles. The average Bonchev–Trinajstić information content (AvgIpc) is 3.15. The lowest BCUT2D eigenvalue weighted by atomic mass is 9.80. The molecule has 2 aromatic heterocycles. The quantitative estimate of drug-likeness (QED) is 0.411. The van der Waals surface area contributed by atoms with E-state index in [0.717, 1.165) is 31.3 Å². The molecule has 0 radical (unpaired) electrons. The minimum absolute atomic E-state index is 0.0588. The Morgan fingerprint density at radius 2 is 1.83 bits per heavy atom. The molecule has 0 aliphatic rings. The molecule has 0 amide bonds. The van der Waals surface area contributed by atoms with Gasteiger partial charge >= 0.3 is 5.69 Å². The lowest BCUT2D eigenvalue weighted by Crippen LogP contribution is -2.28. The third-order valence-corrected chi connectivity index (χ3v) is 8.55. The normalized spacial score (nSPS) is 12.6. The number of aromatic nitrogens is 2. The van der Waals surface area contributed by atoms with Crippen molar-refractivity contribution in [2.24, 2.45) is 0 Å². The molecule has 0 aliphatic carbocycles. The summed E-state index contributed by atoms with van der Waals surface area (Å²) < 4.78 is 43.1. The van der Waals surface area contributed by atoms with E-state index >= 15 is 4.39 Å². The van der Waals surface area contributed by atoms with Crippen LogP contribution in [0.3, 0.4) is 0 Å². The molecule has 1 N–H and O–H groups in total. The van der Waals surface area contributed by atoms with E-state index in [4.69, 9.17) is 0 Å². The summed E-state index contributed by atoms with van der Waals surface area (Å²) in [4.78, 5) is 26.3.